The average Bonchev–Trinajstić information content (AvgIpc) is 3.13. The number of thiazole rings is 1. The number of nitrogen functional groups attached to an aromatic ring is 1. The van der Waals surface area contributed by atoms with E-state index < -0.39 is 17.5 Å². The number of methoxy groups -OCH3 is 1. The summed E-state index contributed by atoms with van der Waals surface area (Å²) in [5.74, 6) is -0.414. The first-order valence-electron chi connectivity index (χ1n) is 8.31. The van der Waals surface area contributed by atoms with Crippen molar-refractivity contribution in [2.75, 3.05) is 25.9 Å². The molecule has 1 fully saturated rings. The van der Waals surface area contributed by atoms with E-state index in [1.165, 1.54) is 18.4 Å². The van der Waals surface area contributed by atoms with Crippen LogP contribution < -0.4 is 5.73 Å². The monoisotopic (exact) mass is 375 g/mol. The Balaban J connectivity index is 1.75. The van der Waals surface area contributed by atoms with Crippen molar-refractivity contribution >= 4 is 28.5 Å². The lowest BCUT2D eigenvalue weighted by Crippen LogP contribution is -2.53. The standard InChI is InChI=1S/C18H21N3O4S/c1-24-15(22)18(14-11-26-16(19)20-14)8-5-9-21(12-18)17(23)25-10-13-6-3-2-4-7-13/h2-4,6-7,11H,5,8-10,12H2,1H3,(H2,19,20). The molecule has 2 heterocycles. The van der Waals surface area contributed by atoms with Crippen LogP contribution in [-0.4, -0.2) is 42.1 Å². The number of benzene rings is 1. The van der Waals surface area contributed by atoms with E-state index in [1.54, 1.807) is 10.3 Å². The van der Waals surface area contributed by atoms with E-state index in [1.807, 2.05) is 30.3 Å². The zero-order valence-electron chi connectivity index (χ0n) is 14.5. The molecule has 138 valence electrons. The SMILES string of the molecule is COC(=O)C1(c2csc(N)n2)CCCN(C(=O)OCc2ccccc2)C1. The molecule has 1 aromatic carbocycles. The molecule has 0 aliphatic carbocycles. The third-order valence-corrected chi connectivity index (χ3v) is 5.22. The van der Waals surface area contributed by atoms with Crippen LogP contribution in [0.5, 0.6) is 0 Å². The molecule has 0 bridgehead atoms. The van der Waals surface area contributed by atoms with Crippen LogP contribution in [0.3, 0.4) is 0 Å². The lowest BCUT2D eigenvalue weighted by molar-refractivity contribution is -0.149. The number of piperidine rings is 1. The van der Waals surface area contributed by atoms with Crippen LogP contribution in [0.4, 0.5) is 9.93 Å². The van der Waals surface area contributed by atoms with Crippen molar-refractivity contribution < 1.29 is 19.1 Å². The summed E-state index contributed by atoms with van der Waals surface area (Å²) in [7, 11) is 1.34. The maximum Gasteiger partial charge on any atom is 0.410 e. The number of ether oxygens (including phenoxy) is 2. The predicted molar refractivity (Wildman–Crippen MR) is 97.7 cm³/mol. The van der Waals surface area contributed by atoms with Crippen LogP contribution in [-0.2, 0) is 26.3 Å². The lowest BCUT2D eigenvalue weighted by atomic mass is 9.77. The van der Waals surface area contributed by atoms with Crippen molar-refractivity contribution in [1.29, 1.82) is 0 Å². The van der Waals surface area contributed by atoms with Gasteiger partial charge in [0.05, 0.1) is 12.8 Å². The number of nitrogens with zero attached hydrogens (tertiary/aromatic N) is 2. The van der Waals surface area contributed by atoms with E-state index in [2.05, 4.69) is 4.98 Å². The van der Waals surface area contributed by atoms with Crippen molar-refractivity contribution in [3.8, 4) is 0 Å². The average molecular weight is 375 g/mol. The number of hydrogen-bond acceptors (Lipinski definition) is 7. The highest BCUT2D eigenvalue weighted by atomic mass is 32.1. The first-order chi connectivity index (χ1) is 12.5. The second-order valence-corrected chi connectivity index (χ2v) is 7.10. The van der Waals surface area contributed by atoms with Crippen LogP contribution in [0.15, 0.2) is 35.7 Å². The van der Waals surface area contributed by atoms with Gasteiger partial charge >= 0.3 is 12.1 Å². The molecule has 2 aromatic rings. The predicted octanol–water partition coefficient (Wildman–Crippen LogP) is 2.57. The fourth-order valence-corrected chi connectivity index (χ4v) is 3.87. The Morgan fingerprint density at radius 2 is 2.12 bits per heavy atom. The molecule has 1 atom stereocenters. The third-order valence-electron chi connectivity index (χ3n) is 4.54. The van der Waals surface area contributed by atoms with Crippen LogP contribution in [0.1, 0.15) is 24.1 Å². The number of nitrogens with two attached hydrogens (primary N) is 1. The molecule has 1 amide bonds. The number of carbonyl (C=O) groups is 2. The molecule has 3 rings (SSSR count). The van der Waals surface area contributed by atoms with Crippen LogP contribution in [0, 0.1) is 0 Å². The largest absolute Gasteiger partial charge is 0.468 e. The molecule has 0 radical (unpaired) electrons. The summed E-state index contributed by atoms with van der Waals surface area (Å²) in [6, 6.07) is 9.46. The quantitative estimate of drug-likeness (QED) is 0.826. The molecule has 1 aromatic heterocycles. The summed E-state index contributed by atoms with van der Waals surface area (Å²) < 4.78 is 10.4. The molecular formula is C18H21N3O4S. The number of esters is 1. The van der Waals surface area contributed by atoms with E-state index in [0.29, 0.717) is 30.2 Å². The van der Waals surface area contributed by atoms with Gasteiger partial charge in [-0.15, -0.1) is 11.3 Å². The van der Waals surface area contributed by atoms with E-state index in [0.717, 1.165) is 5.56 Å². The molecule has 1 unspecified atom stereocenters. The summed E-state index contributed by atoms with van der Waals surface area (Å²) in [4.78, 5) is 30.9. The molecule has 26 heavy (non-hydrogen) atoms. The van der Waals surface area contributed by atoms with Crippen molar-refractivity contribution in [2.45, 2.75) is 24.9 Å². The van der Waals surface area contributed by atoms with Gasteiger partial charge in [0.15, 0.2) is 5.13 Å². The van der Waals surface area contributed by atoms with Gasteiger partial charge in [0.25, 0.3) is 0 Å². The molecular weight excluding hydrogens is 354 g/mol. The summed E-state index contributed by atoms with van der Waals surface area (Å²) in [6.07, 6.45) is 0.739. The molecule has 1 aliphatic heterocycles. The molecule has 1 aliphatic rings. The van der Waals surface area contributed by atoms with Crippen molar-refractivity contribution in [1.82, 2.24) is 9.88 Å². The van der Waals surface area contributed by atoms with Crippen LogP contribution >= 0.6 is 11.3 Å². The molecule has 2 N–H and O–H groups in total. The summed E-state index contributed by atoms with van der Waals surface area (Å²) >= 11 is 1.27. The fraction of sp³-hybridized carbons (Fsp3) is 0.389. The number of aromatic nitrogens is 1. The number of rotatable bonds is 4. The van der Waals surface area contributed by atoms with Crippen molar-refractivity contribution in [3.05, 3.63) is 47.0 Å². The van der Waals surface area contributed by atoms with E-state index >= 15 is 0 Å². The minimum absolute atomic E-state index is 0.163. The summed E-state index contributed by atoms with van der Waals surface area (Å²) in [5, 5.41) is 2.14. The Labute approximate surface area is 155 Å². The van der Waals surface area contributed by atoms with Crippen molar-refractivity contribution in [2.24, 2.45) is 0 Å². The zero-order chi connectivity index (χ0) is 18.6. The van der Waals surface area contributed by atoms with Gasteiger partial charge in [-0.05, 0) is 18.4 Å². The van der Waals surface area contributed by atoms with Gasteiger partial charge in [-0.3, -0.25) is 4.79 Å². The molecule has 8 heteroatoms. The number of anilines is 1. The third kappa shape index (κ3) is 3.65. The van der Waals surface area contributed by atoms with Gasteiger partial charge < -0.3 is 20.1 Å². The van der Waals surface area contributed by atoms with Gasteiger partial charge in [-0.1, -0.05) is 30.3 Å². The zero-order valence-corrected chi connectivity index (χ0v) is 15.3. The lowest BCUT2D eigenvalue weighted by Gasteiger charge is -2.39. The second kappa shape index (κ2) is 7.74. The Kier molecular flexibility index (Phi) is 5.41. The van der Waals surface area contributed by atoms with Crippen molar-refractivity contribution in [3.63, 3.8) is 0 Å². The number of amides is 1. The summed E-state index contributed by atoms with van der Waals surface area (Å²) in [6.45, 7) is 0.869. The van der Waals surface area contributed by atoms with Gasteiger partial charge in [-0.2, -0.15) is 0 Å². The molecule has 1 saturated heterocycles. The first-order valence-corrected chi connectivity index (χ1v) is 9.18. The van der Waals surface area contributed by atoms with Crippen LogP contribution in [0.25, 0.3) is 0 Å². The maximum absolute atomic E-state index is 12.6. The van der Waals surface area contributed by atoms with E-state index in [4.69, 9.17) is 15.2 Å². The Hall–Kier alpha value is -2.61. The van der Waals surface area contributed by atoms with Crippen LogP contribution in [0.2, 0.25) is 0 Å². The molecule has 7 nitrogen and oxygen atoms in total. The van der Waals surface area contributed by atoms with E-state index in [9.17, 15) is 9.59 Å². The van der Waals surface area contributed by atoms with Gasteiger partial charge in [-0.25, -0.2) is 9.78 Å². The van der Waals surface area contributed by atoms with Gasteiger partial charge in [0.2, 0.25) is 0 Å². The highest BCUT2D eigenvalue weighted by molar-refractivity contribution is 7.13. The number of likely N-dealkylation sites (tertiary alicyclic amines) is 1. The Morgan fingerprint density at radius 3 is 2.77 bits per heavy atom. The topological polar surface area (TPSA) is 94.8 Å². The molecule has 0 saturated carbocycles. The highest BCUT2D eigenvalue weighted by Gasteiger charge is 2.48. The van der Waals surface area contributed by atoms with Gasteiger partial charge in [0.1, 0.15) is 12.0 Å². The fourth-order valence-electron chi connectivity index (χ4n) is 3.21. The first kappa shape index (κ1) is 18.2. The normalized spacial score (nSPS) is 19.8. The van der Waals surface area contributed by atoms with E-state index in [-0.39, 0.29) is 13.2 Å². The molecule has 0 spiro atoms. The maximum atomic E-state index is 12.6. The van der Waals surface area contributed by atoms with Gasteiger partial charge in [0, 0.05) is 18.5 Å². The number of hydrogen-bond donors (Lipinski definition) is 1. The smallest absolute Gasteiger partial charge is 0.410 e. The minimum Gasteiger partial charge on any atom is -0.468 e. The minimum atomic E-state index is -1.01. The summed E-state index contributed by atoms with van der Waals surface area (Å²) in [5.41, 5.74) is 6.19. The number of carbonyl (C=O) groups excluding carboxylic acids is 2. The highest BCUT2D eigenvalue weighted by Crippen LogP contribution is 2.36. The Morgan fingerprint density at radius 1 is 1.35 bits per heavy atom. The Bertz CT molecular complexity index is 780. The second-order valence-electron chi connectivity index (χ2n) is 6.21.